The lowest BCUT2D eigenvalue weighted by Crippen LogP contribution is -2.20. The Balaban J connectivity index is 2.51. The topological polar surface area (TPSA) is 3.24 Å². The second-order valence-corrected chi connectivity index (χ2v) is 5.29. The molecule has 0 aliphatic rings. The number of hydrogen-bond donors (Lipinski definition) is 0. The highest BCUT2D eigenvalue weighted by Gasteiger charge is 2.13. The fraction of sp³-hybridized carbons (Fsp3) is 0.600. The van der Waals surface area contributed by atoms with Gasteiger partial charge in [0.05, 0.1) is 0 Å². The van der Waals surface area contributed by atoms with Gasteiger partial charge in [-0.15, -0.1) is 0 Å². The van der Waals surface area contributed by atoms with Crippen molar-refractivity contribution in [3.8, 4) is 0 Å². The fourth-order valence-electron chi connectivity index (χ4n) is 2.01. The van der Waals surface area contributed by atoms with Crippen LogP contribution in [0.2, 0.25) is 0 Å². The Morgan fingerprint density at radius 2 is 1.69 bits per heavy atom. The van der Waals surface area contributed by atoms with E-state index in [0.717, 1.165) is 11.8 Å². The Labute approximate surface area is 100 Å². The Bertz CT molecular complexity index is 277. The first-order chi connectivity index (χ1) is 7.59. The summed E-state index contributed by atoms with van der Waals surface area (Å²) >= 11 is 0. The lowest BCUT2D eigenvalue weighted by molar-refractivity contribution is 0.297. The molecule has 0 radical (unpaired) electrons. The van der Waals surface area contributed by atoms with Gasteiger partial charge in [0.15, 0.2) is 0 Å². The van der Waals surface area contributed by atoms with E-state index in [2.05, 4.69) is 63.2 Å². The molecule has 0 fully saturated rings. The summed E-state index contributed by atoms with van der Waals surface area (Å²) in [6, 6.07) is 10.8. The van der Waals surface area contributed by atoms with Crippen LogP contribution in [0.15, 0.2) is 30.3 Å². The molecule has 0 saturated heterocycles. The van der Waals surface area contributed by atoms with Crippen molar-refractivity contribution in [1.82, 2.24) is 4.90 Å². The third-order valence-electron chi connectivity index (χ3n) is 3.23. The van der Waals surface area contributed by atoms with E-state index in [-0.39, 0.29) is 0 Å². The average Bonchev–Trinajstić information content (AvgIpc) is 2.25. The van der Waals surface area contributed by atoms with Gasteiger partial charge >= 0.3 is 0 Å². The maximum atomic E-state index is 2.34. The van der Waals surface area contributed by atoms with Crippen LogP contribution in [0.4, 0.5) is 0 Å². The average molecular weight is 219 g/mol. The molecule has 0 spiro atoms. The molecule has 0 aliphatic heterocycles. The van der Waals surface area contributed by atoms with Crippen LogP contribution in [0.25, 0.3) is 0 Å². The van der Waals surface area contributed by atoms with Crippen LogP contribution in [-0.2, 0) is 6.42 Å². The largest absolute Gasteiger partial charge is 0.309 e. The highest BCUT2D eigenvalue weighted by Crippen LogP contribution is 2.20. The van der Waals surface area contributed by atoms with E-state index in [1.54, 1.807) is 0 Å². The Hall–Kier alpha value is -0.820. The van der Waals surface area contributed by atoms with Gasteiger partial charge in [0, 0.05) is 0 Å². The van der Waals surface area contributed by atoms with Gasteiger partial charge in [0.1, 0.15) is 0 Å². The van der Waals surface area contributed by atoms with Gasteiger partial charge in [-0.25, -0.2) is 0 Å². The number of hydrogen-bond acceptors (Lipinski definition) is 1. The van der Waals surface area contributed by atoms with Crippen LogP contribution < -0.4 is 0 Å². The van der Waals surface area contributed by atoms with Gasteiger partial charge in [-0.05, 0) is 50.9 Å². The molecule has 0 saturated carbocycles. The van der Waals surface area contributed by atoms with Crippen molar-refractivity contribution in [2.24, 2.45) is 11.8 Å². The van der Waals surface area contributed by atoms with Gasteiger partial charge in [0.2, 0.25) is 0 Å². The molecule has 1 aromatic rings. The van der Waals surface area contributed by atoms with Gasteiger partial charge in [0.25, 0.3) is 0 Å². The zero-order valence-corrected chi connectivity index (χ0v) is 11.1. The van der Waals surface area contributed by atoms with Crippen molar-refractivity contribution >= 4 is 0 Å². The van der Waals surface area contributed by atoms with Gasteiger partial charge in [-0.2, -0.15) is 0 Å². The second kappa shape index (κ2) is 6.70. The minimum absolute atomic E-state index is 0.764. The number of nitrogens with zero attached hydrogens (tertiary/aromatic N) is 1. The molecule has 0 aliphatic carbocycles. The van der Waals surface area contributed by atoms with Crippen LogP contribution in [-0.4, -0.2) is 25.5 Å². The highest BCUT2D eigenvalue weighted by molar-refractivity contribution is 5.15. The minimum atomic E-state index is 0.764. The third-order valence-corrected chi connectivity index (χ3v) is 3.23. The van der Waals surface area contributed by atoms with E-state index in [1.165, 1.54) is 24.9 Å². The van der Waals surface area contributed by atoms with Gasteiger partial charge in [-0.1, -0.05) is 44.2 Å². The summed E-state index contributed by atoms with van der Waals surface area (Å²) in [7, 11) is 4.31. The lowest BCUT2D eigenvalue weighted by atomic mass is 9.86. The monoisotopic (exact) mass is 219 g/mol. The fourth-order valence-corrected chi connectivity index (χ4v) is 2.01. The Morgan fingerprint density at radius 1 is 1.06 bits per heavy atom. The molecule has 16 heavy (non-hydrogen) atoms. The van der Waals surface area contributed by atoms with E-state index in [0.29, 0.717) is 0 Å². The Kier molecular flexibility index (Phi) is 5.54. The van der Waals surface area contributed by atoms with E-state index in [9.17, 15) is 0 Å². The van der Waals surface area contributed by atoms with Crippen molar-refractivity contribution in [3.63, 3.8) is 0 Å². The smallest absolute Gasteiger partial charge is 0.00220 e. The first-order valence-corrected chi connectivity index (χ1v) is 6.28. The SMILES string of the molecule is CC(C)C(CCN(C)C)Cc1ccccc1. The molecule has 1 unspecified atom stereocenters. The maximum absolute atomic E-state index is 2.34. The summed E-state index contributed by atoms with van der Waals surface area (Å²) in [4.78, 5) is 2.28. The second-order valence-electron chi connectivity index (χ2n) is 5.29. The van der Waals surface area contributed by atoms with Crippen molar-refractivity contribution in [2.45, 2.75) is 26.7 Å². The molecule has 1 rings (SSSR count). The Morgan fingerprint density at radius 3 is 2.19 bits per heavy atom. The molecule has 0 aromatic heterocycles. The lowest BCUT2D eigenvalue weighted by Gasteiger charge is -2.22. The molecule has 0 bridgehead atoms. The van der Waals surface area contributed by atoms with E-state index < -0.39 is 0 Å². The number of rotatable bonds is 6. The molecule has 1 nitrogen and oxygen atoms in total. The quantitative estimate of drug-likeness (QED) is 0.708. The minimum Gasteiger partial charge on any atom is -0.309 e. The van der Waals surface area contributed by atoms with Crippen LogP contribution >= 0.6 is 0 Å². The first kappa shape index (κ1) is 13.2. The summed E-state index contributed by atoms with van der Waals surface area (Å²) in [6.07, 6.45) is 2.51. The molecule has 0 amide bonds. The van der Waals surface area contributed by atoms with E-state index in [4.69, 9.17) is 0 Å². The first-order valence-electron chi connectivity index (χ1n) is 6.28. The van der Waals surface area contributed by atoms with Crippen LogP contribution in [0.3, 0.4) is 0 Å². The molecular formula is C15H25N. The van der Waals surface area contributed by atoms with Crippen LogP contribution in [0.1, 0.15) is 25.8 Å². The normalized spacial score (nSPS) is 13.4. The molecule has 0 heterocycles. The van der Waals surface area contributed by atoms with Crippen LogP contribution in [0, 0.1) is 11.8 Å². The third kappa shape index (κ3) is 4.80. The zero-order chi connectivity index (χ0) is 12.0. The predicted octanol–water partition coefficient (Wildman–Crippen LogP) is 3.45. The van der Waals surface area contributed by atoms with Gasteiger partial charge in [-0.3, -0.25) is 0 Å². The van der Waals surface area contributed by atoms with Crippen molar-refractivity contribution < 1.29 is 0 Å². The van der Waals surface area contributed by atoms with Crippen LogP contribution in [0.5, 0.6) is 0 Å². The maximum Gasteiger partial charge on any atom is -0.00220 e. The zero-order valence-electron chi connectivity index (χ0n) is 11.1. The molecule has 1 atom stereocenters. The van der Waals surface area contributed by atoms with Gasteiger partial charge < -0.3 is 4.90 Å². The van der Waals surface area contributed by atoms with E-state index in [1.807, 2.05) is 0 Å². The summed E-state index contributed by atoms with van der Waals surface area (Å²) in [6.45, 7) is 5.86. The highest BCUT2D eigenvalue weighted by atomic mass is 15.0. The van der Waals surface area contributed by atoms with E-state index >= 15 is 0 Å². The molecule has 0 N–H and O–H groups in total. The van der Waals surface area contributed by atoms with Crippen molar-refractivity contribution in [2.75, 3.05) is 20.6 Å². The summed E-state index contributed by atoms with van der Waals surface area (Å²) in [5.41, 5.74) is 1.47. The number of benzene rings is 1. The van der Waals surface area contributed by atoms with Crippen molar-refractivity contribution in [3.05, 3.63) is 35.9 Å². The predicted molar refractivity (Wildman–Crippen MR) is 71.6 cm³/mol. The summed E-state index contributed by atoms with van der Waals surface area (Å²) in [5, 5.41) is 0. The standard InChI is InChI=1S/C15H25N/c1-13(2)15(10-11-16(3)4)12-14-8-6-5-7-9-14/h5-9,13,15H,10-12H2,1-4H3. The summed E-state index contributed by atoms with van der Waals surface area (Å²) < 4.78 is 0. The molecule has 90 valence electrons. The van der Waals surface area contributed by atoms with Crippen molar-refractivity contribution in [1.29, 1.82) is 0 Å². The molecule has 1 aromatic carbocycles. The molecular weight excluding hydrogens is 194 g/mol. The summed E-state index contributed by atoms with van der Waals surface area (Å²) in [5.74, 6) is 1.56. The molecule has 1 heteroatoms.